The van der Waals surface area contributed by atoms with Crippen LogP contribution in [0.5, 0.6) is 5.75 Å². The minimum atomic E-state index is -0.337. The molecule has 3 aliphatic heterocycles. The van der Waals surface area contributed by atoms with Gasteiger partial charge in [0, 0.05) is 62.5 Å². The molecular formula is C29H35FN6O3. The smallest absolute Gasteiger partial charge is 0.219 e. The van der Waals surface area contributed by atoms with Crippen molar-refractivity contribution in [3.63, 3.8) is 0 Å². The summed E-state index contributed by atoms with van der Waals surface area (Å²) in [6, 6.07) is 5.60. The lowest BCUT2D eigenvalue weighted by Gasteiger charge is -2.46. The normalized spacial score (nSPS) is 28.7. The number of nitrogens with zero attached hydrogens (tertiary/aromatic N) is 5. The summed E-state index contributed by atoms with van der Waals surface area (Å²) in [5.41, 5.74) is 7.98. The van der Waals surface area contributed by atoms with Crippen molar-refractivity contribution in [3.05, 3.63) is 36.5 Å². The Hall–Kier alpha value is -3.24. The Balaban J connectivity index is 1.13. The van der Waals surface area contributed by atoms with E-state index < -0.39 is 0 Å². The number of nitrogens with two attached hydrogens (primary N) is 1. The first-order chi connectivity index (χ1) is 18.9. The predicted molar refractivity (Wildman–Crippen MR) is 145 cm³/mol. The Bertz CT molecular complexity index is 1400. The fourth-order valence-electron chi connectivity index (χ4n) is 6.98. The molecule has 0 spiro atoms. The predicted octanol–water partition coefficient (Wildman–Crippen LogP) is 3.78. The van der Waals surface area contributed by atoms with Crippen molar-refractivity contribution in [2.75, 3.05) is 38.5 Å². The highest BCUT2D eigenvalue weighted by Crippen LogP contribution is 2.45. The van der Waals surface area contributed by atoms with Gasteiger partial charge < -0.3 is 24.7 Å². The molecule has 0 atom stereocenters. The Morgan fingerprint density at radius 2 is 1.90 bits per heavy atom. The molecule has 1 aliphatic carbocycles. The number of amides is 1. The lowest BCUT2D eigenvalue weighted by molar-refractivity contribution is -0.131. The minimum absolute atomic E-state index is 0.144. The molecule has 2 bridgehead atoms. The maximum absolute atomic E-state index is 15.3. The Morgan fingerprint density at radius 3 is 2.59 bits per heavy atom. The number of ether oxygens (including phenoxy) is 2. The number of aromatic nitrogens is 3. The van der Waals surface area contributed by atoms with E-state index in [2.05, 4.69) is 19.4 Å². The van der Waals surface area contributed by atoms with Crippen LogP contribution in [0.3, 0.4) is 0 Å². The van der Waals surface area contributed by atoms with Crippen LogP contribution in [0.2, 0.25) is 0 Å². The zero-order valence-electron chi connectivity index (χ0n) is 22.3. The molecule has 1 amide bonds. The molecule has 206 valence electrons. The second-order valence-electron chi connectivity index (χ2n) is 11.7. The molecule has 5 heterocycles. The number of halogens is 1. The van der Waals surface area contributed by atoms with Crippen LogP contribution in [-0.2, 0) is 9.53 Å². The van der Waals surface area contributed by atoms with Crippen LogP contribution in [0.4, 0.5) is 10.2 Å². The molecular weight excluding hydrogens is 499 g/mol. The molecule has 9 nitrogen and oxygen atoms in total. The molecule has 3 aromatic rings. The molecule has 1 aromatic carbocycles. The zero-order valence-corrected chi connectivity index (χ0v) is 22.3. The number of hydrogen-bond donors (Lipinski definition) is 1. The van der Waals surface area contributed by atoms with Crippen LogP contribution in [0, 0.1) is 5.82 Å². The molecule has 2 N–H and O–H groups in total. The number of carbonyl (C=O) groups is 1. The second kappa shape index (κ2) is 9.45. The van der Waals surface area contributed by atoms with Gasteiger partial charge in [-0.05, 0) is 56.7 Å². The second-order valence-corrected chi connectivity index (χ2v) is 11.7. The van der Waals surface area contributed by atoms with E-state index in [-0.39, 0.29) is 23.4 Å². The van der Waals surface area contributed by atoms with Crippen molar-refractivity contribution < 1.29 is 18.7 Å². The van der Waals surface area contributed by atoms with Crippen LogP contribution in [-0.4, -0.2) is 80.8 Å². The van der Waals surface area contributed by atoms with E-state index in [9.17, 15) is 4.79 Å². The van der Waals surface area contributed by atoms with Gasteiger partial charge in [0.25, 0.3) is 0 Å². The van der Waals surface area contributed by atoms with Crippen molar-refractivity contribution in [1.29, 1.82) is 0 Å². The first-order valence-corrected chi connectivity index (χ1v) is 14.1. The average molecular weight is 535 g/mol. The van der Waals surface area contributed by atoms with Crippen molar-refractivity contribution in [1.82, 2.24) is 24.3 Å². The van der Waals surface area contributed by atoms with Gasteiger partial charge in [0.05, 0.1) is 11.5 Å². The summed E-state index contributed by atoms with van der Waals surface area (Å²) in [7, 11) is 0. The standard InChI is InChI=1S/C29H35FN6O3/c1-18(37)34-8-10-35(11-9-34)19-12-20(13-19)36-15-24(26-27(31)32-17-33-28(26)36)23-14-22(2-3-25(23)30)38-16-29-6-4-21(39-29)5-7-29/h2-3,14-15,17,19-21H,4-13,16H2,1H3,(H2,31,32,33). The Morgan fingerprint density at radius 1 is 1.13 bits per heavy atom. The zero-order chi connectivity index (χ0) is 26.7. The van der Waals surface area contributed by atoms with Gasteiger partial charge in [-0.1, -0.05) is 0 Å². The summed E-state index contributed by atoms with van der Waals surface area (Å²) >= 11 is 0. The number of carbonyl (C=O) groups excluding carboxylic acids is 1. The van der Waals surface area contributed by atoms with Gasteiger partial charge in [-0.3, -0.25) is 9.69 Å². The van der Waals surface area contributed by atoms with E-state index in [4.69, 9.17) is 15.2 Å². The summed E-state index contributed by atoms with van der Waals surface area (Å²) in [5.74, 6) is 0.760. The molecule has 2 aromatic heterocycles. The third kappa shape index (κ3) is 4.34. The quantitative estimate of drug-likeness (QED) is 0.514. The third-order valence-electron chi connectivity index (χ3n) is 9.39. The summed E-state index contributed by atoms with van der Waals surface area (Å²) in [6.07, 6.45) is 9.98. The van der Waals surface area contributed by atoms with Crippen LogP contribution >= 0.6 is 0 Å². The van der Waals surface area contributed by atoms with Crippen LogP contribution in [0.1, 0.15) is 51.5 Å². The molecule has 0 unspecified atom stereocenters. The highest BCUT2D eigenvalue weighted by atomic mass is 19.1. The van der Waals surface area contributed by atoms with Gasteiger partial charge >= 0.3 is 0 Å². The van der Waals surface area contributed by atoms with Crippen molar-refractivity contribution in [3.8, 4) is 16.9 Å². The maximum atomic E-state index is 15.3. The van der Waals surface area contributed by atoms with E-state index in [0.29, 0.717) is 46.8 Å². The molecule has 0 radical (unpaired) electrons. The molecule has 7 rings (SSSR count). The van der Waals surface area contributed by atoms with E-state index in [0.717, 1.165) is 70.4 Å². The van der Waals surface area contributed by atoms with E-state index in [1.807, 2.05) is 11.1 Å². The lowest BCUT2D eigenvalue weighted by Crippen LogP contribution is -2.54. The van der Waals surface area contributed by atoms with E-state index in [1.54, 1.807) is 19.1 Å². The van der Waals surface area contributed by atoms with Crippen molar-refractivity contribution in [2.45, 2.75) is 69.2 Å². The maximum Gasteiger partial charge on any atom is 0.219 e. The summed E-state index contributed by atoms with van der Waals surface area (Å²) in [4.78, 5) is 24.9. The van der Waals surface area contributed by atoms with Gasteiger partial charge in [0.15, 0.2) is 0 Å². The summed E-state index contributed by atoms with van der Waals surface area (Å²) in [6.45, 7) is 5.47. The van der Waals surface area contributed by atoms with Crippen molar-refractivity contribution in [2.24, 2.45) is 0 Å². The van der Waals surface area contributed by atoms with Gasteiger partial charge in [-0.15, -0.1) is 0 Å². The monoisotopic (exact) mass is 534 g/mol. The number of fused-ring (bicyclic) bond motifs is 3. The average Bonchev–Trinajstić information content (AvgIpc) is 3.62. The van der Waals surface area contributed by atoms with Crippen LogP contribution in [0.25, 0.3) is 22.2 Å². The Labute approximate surface area is 227 Å². The first-order valence-electron chi connectivity index (χ1n) is 14.1. The van der Waals surface area contributed by atoms with Crippen LogP contribution < -0.4 is 10.5 Å². The molecule has 1 saturated carbocycles. The summed E-state index contributed by atoms with van der Waals surface area (Å²) in [5, 5.41) is 0.670. The van der Waals surface area contributed by atoms with Crippen molar-refractivity contribution >= 4 is 22.8 Å². The molecule has 4 aliphatic rings. The SMILES string of the molecule is CC(=O)N1CCN(C2CC(n3cc(-c4cc(OCC56CCC(CC5)O6)ccc4F)c4c(N)ncnc43)C2)CC1. The fourth-order valence-corrected chi connectivity index (χ4v) is 6.98. The van der Waals surface area contributed by atoms with E-state index in [1.165, 1.54) is 12.4 Å². The molecule has 39 heavy (non-hydrogen) atoms. The van der Waals surface area contributed by atoms with Gasteiger partial charge in [0.2, 0.25) is 5.91 Å². The van der Waals surface area contributed by atoms with Gasteiger partial charge in [-0.25, -0.2) is 14.4 Å². The van der Waals surface area contributed by atoms with E-state index >= 15 is 4.39 Å². The highest BCUT2D eigenvalue weighted by molar-refractivity contribution is 6.01. The summed E-state index contributed by atoms with van der Waals surface area (Å²) < 4.78 is 29.8. The number of anilines is 1. The molecule has 3 saturated heterocycles. The first kappa shape index (κ1) is 24.8. The highest BCUT2D eigenvalue weighted by Gasteiger charge is 2.46. The number of benzene rings is 1. The topological polar surface area (TPSA) is 98.7 Å². The van der Waals surface area contributed by atoms with Crippen LogP contribution in [0.15, 0.2) is 30.7 Å². The number of hydrogen-bond acceptors (Lipinski definition) is 7. The lowest BCUT2D eigenvalue weighted by atomic mass is 9.85. The number of nitrogen functional groups attached to an aromatic ring is 1. The minimum Gasteiger partial charge on any atom is -0.491 e. The largest absolute Gasteiger partial charge is 0.491 e. The fraction of sp³-hybridized carbons (Fsp3) is 0.552. The molecule has 10 heteroatoms. The Kier molecular flexibility index (Phi) is 6.00. The van der Waals surface area contributed by atoms with Gasteiger partial charge in [0.1, 0.15) is 41.6 Å². The van der Waals surface area contributed by atoms with Gasteiger partial charge in [-0.2, -0.15) is 0 Å². The number of rotatable bonds is 6. The molecule has 4 fully saturated rings. The third-order valence-corrected chi connectivity index (χ3v) is 9.39. The number of piperazine rings is 1.